The Morgan fingerprint density at radius 3 is 2.52 bits per heavy atom. The predicted octanol–water partition coefficient (Wildman–Crippen LogP) is 5.01. The highest BCUT2D eigenvalue weighted by Gasteiger charge is 2.33. The number of fused-ring (bicyclic) bond motifs is 1. The number of nitrogens with one attached hydrogen (secondary N) is 3. The number of hydrogen-bond donors (Lipinski definition) is 4. The summed E-state index contributed by atoms with van der Waals surface area (Å²) in [7, 11) is 0. The largest absolute Gasteiger partial charge is 0.573 e. The van der Waals surface area contributed by atoms with Crippen LogP contribution in [-0.2, 0) is 6.42 Å². The standard InChI is InChI=1S/C28H21F3N6O3.C2H6/c29-28(30,31)40-25-11-10-18(9-8-17-4-3-5-19(12-17)26-34-36-37-35-26)13-23(25)27(39)33-21(16-38)14-20-15-32-24-7-2-1-6-22(20)24;1-2/h1-7,10-13,15,21,32,38H,14,16H2,(H,33,39)(H,34,35,36,37);1-2H3. The van der Waals surface area contributed by atoms with Crippen LogP contribution in [0.15, 0.2) is 72.9 Å². The van der Waals surface area contributed by atoms with Crippen molar-refractivity contribution >= 4 is 16.8 Å². The number of carbonyl (C=O) groups excluding carboxylic acids is 1. The van der Waals surface area contributed by atoms with E-state index in [2.05, 4.69) is 47.5 Å². The van der Waals surface area contributed by atoms with E-state index in [0.717, 1.165) is 22.5 Å². The molecule has 0 saturated heterocycles. The van der Waals surface area contributed by atoms with Crippen LogP contribution in [0.5, 0.6) is 5.75 Å². The SMILES string of the molecule is CC.O=C(NC(CO)Cc1c[nH]c2ccccc12)c1cc(C#Cc2cccc(-c3nn[nH]n3)c2)ccc1OC(F)(F)F. The maximum Gasteiger partial charge on any atom is 0.573 e. The van der Waals surface area contributed by atoms with Gasteiger partial charge in [0.1, 0.15) is 5.75 Å². The van der Waals surface area contributed by atoms with Gasteiger partial charge in [0, 0.05) is 33.8 Å². The van der Waals surface area contributed by atoms with Crippen LogP contribution in [0, 0.1) is 11.8 Å². The van der Waals surface area contributed by atoms with Gasteiger partial charge in [0.15, 0.2) is 0 Å². The fourth-order valence-electron chi connectivity index (χ4n) is 4.15. The van der Waals surface area contributed by atoms with Gasteiger partial charge in [-0.1, -0.05) is 56.0 Å². The van der Waals surface area contributed by atoms with Crippen LogP contribution in [0.3, 0.4) is 0 Å². The summed E-state index contributed by atoms with van der Waals surface area (Å²) in [5.41, 5.74) is 2.88. The minimum Gasteiger partial charge on any atom is -0.405 e. The number of ether oxygens (including phenoxy) is 1. The number of halogens is 3. The average molecular weight is 577 g/mol. The normalized spacial score (nSPS) is 11.6. The van der Waals surface area contributed by atoms with Gasteiger partial charge in [0.25, 0.3) is 5.91 Å². The van der Waals surface area contributed by atoms with Crippen molar-refractivity contribution in [2.45, 2.75) is 32.7 Å². The third kappa shape index (κ3) is 7.52. The van der Waals surface area contributed by atoms with Gasteiger partial charge in [-0.15, -0.1) is 23.4 Å². The lowest BCUT2D eigenvalue weighted by Gasteiger charge is -2.18. The fraction of sp³-hybridized carbons (Fsp3) is 0.200. The van der Waals surface area contributed by atoms with E-state index < -0.39 is 30.7 Å². The molecule has 0 bridgehead atoms. The first-order valence-electron chi connectivity index (χ1n) is 13.0. The smallest absolute Gasteiger partial charge is 0.405 e. The second kappa shape index (κ2) is 13.5. The molecule has 0 aliphatic rings. The Kier molecular flexibility index (Phi) is 9.57. The lowest BCUT2D eigenvalue weighted by molar-refractivity contribution is -0.274. The number of hydrogen-bond acceptors (Lipinski definition) is 6. The first kappa shape index (κ1) is 29.8. The number of rotatable bonds is 7. The summed E-state index contributed by atoms with van der Waals surface area (Å²) in [6.45, 7) is 3.57. The minimum absolute atomic E-state index is 0.248. The third-order valence-electron chi connectivity index (χ3n) is 5.96. The van der Waals surface area contributed by atoms with Crippen LogP contribution in [0.2, 0.25) is 0 Å². The zero-order valence-corrected chi connectivity index (χ0v) is 22.7. The van der Waals surface area contributed by atoms with Crippen LogP contribution in [0.25, 0.3) is 22.3 Å². The van der Waals surface area contributed by atoms with E-state index in [-0.39, 0.29) is 17.5 Å². The number of para-hydroxylation sites is 1. The molecular formula is C30H27F3N6O3. The Balaban J connectivity index is 0.00000198. The van der Waals surface area contributed by atoms with Crippen molar-refractivity contribution in [2.24, 2.45) is 0 Å². The molecule has 9 nitrogen and oxygen atoms in total. The van der Waals surface area contributed by atoms with Crippen LogP contribution >= 0.6 is 0 Å². The number of aliphatic hydroxyl groups is 1. The monoisotopic (exact) mass is 576 g/mol. The molecule has 4 N–H and O–H groups in total. The summed E-state index contributed by atoms with van der Waals surface area (Å²) in [5, 5.41) is 27.2. The third-order valence-corrected chi connectivity index (χ3v) is 5.96. The molecule has 3 aromatic carbocycles. The minimum atomic E-state index is -5.02. The van der Waals surface area contributed by atoms with E-state index in [4.69, 9.17) is 0 Å². The van der Waals surface area contributed by atoms with Crippen molar-refractivity contribution < 1.29 is 27.8 Å². The first-order valence-corrected chi connectivity index (χ1v) is 13.0. The zero-order valence-electron chi connectivity index (χ0n) is 22.7. The van der Waals surface area contributed by atoms with Gasteiger partial charge >= 0.3 is 6.36 Å². The molecule has 2 heterocycles. The molecule has 0 aliphatic carbocycles. The van der Waals surface area contributed by atoms with Crippen molar-refractivity contribution in [1.82, 2.24) is 30.9 Å². The van der Waals surface area contributed by atoms with Crippen LogP contribution in [0.4, 0.5) is 13.2 Å². The van der Waals surface area contributed by atoms with Crippen molar-refractivity contribution in [1.29, 1.82) is 0 Å². The molecular weight excluding hydrogens is 549 g/mol. The Hall–Kier alpha value is -5.15. The number of H-pyrrole nitrogens is 2. The lowest BCUT2D eigenvalue weighted by atomic mass is 10.0. The number of aliphatic hydroxyl groups excluding tert-OH is 1. The van der Waals surface area contributed by atoms with Gasteiger partial charge in [-0.2, -0.15) is 5.21 Å². The summed E-state index contributed by atoms with van der Waals surface area (Å²) in [6.07, 6.45) is -3.00. The molecule has 0 spiro atoms. The topological polar surface area (TPSA) is 129 Å². The summed E-state index contributed by atoms with van der Waals surface area (Å²) in [5.74, 6) is 4.63. The number of benzene rings is 3. The molecule has 0 saturated carbocycles. The van der Waals surface area contributed by atoms with E-state index in [9.17, 15) is 23.1 Å². The Morgan fingerprint density at radius 1 is 1.05 bits per heavy atom. The molecule has 1 unspecified atom stereocenters. The van der Waals surface area contributed by atoms with Gasteiger partial charge in [-0.25, -0.2) is 0 Å². The number of aromatic amines is 2. The molecule has 0 radical (unpaired) electrons. The van der Waals surface area contributed by atoms with Crippen molar-refractivity contribution in [2.75, 3.05) is 6.61 Å². The number of carbonyl (C=O) groups is 1. The molecule has 0 fully saturated rings. The van der Waals surface area contributed by atoms with Crippen LogP contribution in [0.1, 0.15) is 40.9 Å². The van der Waals surface area contributed by atoms with E-state index in [1.165, 1.54) is 12.1 Å². The van der Waals surface area contributed by atoms with Crippen LogP contribution in [-0.4, -0.2) is 55.6 Å². The number of tetrazole rings is 1. The second-order valence-electron chi connectivity index (χ2n) is 8.74. The summed E-state index contributed by atoms with van der Waals surface area (Å²) < 4.78 is 43.4. The summed E-state index contributed by atoms with van der Waals surface area (Å²) >= 11 is 0. The number of alkyl halides is 3. The van der Waals surface area contributed by atoms with E-state index in [0.29, 0.717) is 17.0 Å². The van der Waals surface area contributed by atoms with Crippen LogP contribution < -0.4 is 10.1 Å². The Morgan fingerprint density at radius 2 is 1.81 bits per heavy atom. The number of amides is 1. The van der Waals surface area contributed by atoms with E-state index in [1.54, 1.807) is 30.5 Å². The van der Waals surface area contributed by atoms with Gasteiger partial charge in [-0.3, -0.25) is 4.79 Å². The molecule has 2 aromatic heterocycles. The molecule has 216 valence electrons. The van der Waals surface area contributed by atoms with Gasteiger partial charge < -0.3 is 20.1 Å². The number of aromatic nitrogens is 5. The lowest BCUT2D eigenvalue weighted by Crippen LogP contribution is -2.39. The molecule has 42 heavy (non-hydrogen) atoms. The predicted molar refractivity (Wildman–Crippen MR) is 150 cm³/mol. The quantitative estimate of drug-likeness (QED) is 0.202. The Bertz CT molecular complexity index is 1700. The first-order chi connectivity index (χ1) is 20.3. The maximum absolute atomic E-state index is 13.2. The highest BCUT2D eigenvalue weighted by molar-refractivity contribution is 5.97. The highest BCUT2D eigenvalue weighted by Crippen LogP contribution is 2.28. The molecule has 5 aromatic rings. The van der Waals surface area contributed by atoms with E-state index in [1.807, 2.05) is 38.1 Å². The summed E-state index contributed by atoms with van der Waals surface area (Å²) in [6, 6.07) is 17.3. The number of nitrogens with zero attached hydrogens (tertiary/aromatic N) is 3. The molecule has 0 aliphatic heterocycles. The molecule has 1 amide bonds. The van der Waals surface area contributed by atoms with Crippen molar-refractivity contribution in [3.63, 3.8) is 0 Å². The molecule has 1 atom stereocenters. The summed E-state index contributed by atoms with van der Waals surface area (Å²) in [4.78, 5) is 16.3. The molecule has 12 heteroatoms. The van der Waals surface area contributed by atoms with Gasteiger partial charge in [-0.05, 0) is 53.6 Å². The second-order valence-corrected chi connectivity index (χ2v) is 8.74. The van der Waals surface area contributed by atoms with Crippen molar-refractivity contribution in [3.05, 3.63) is 95.2 Å². The van der Waals surface area contributed by atoms with E-state index >= 15 is 0 Å². The van der Waals surface area contributed by atoms with Crippen molar-refractivity contribution in [3.8, 4) is 29.0 Å². The fourth-order valence-corrected chi connectivity index (χ4v) is 4.15. The average Bonchev–Trinajstić information content (AvgIpc) is 3.68. The maximum atomic E-state index is 13.2. The highest BCUT2D eigenvalue weighted by atomic mass is 19.4. The molecule has 5 rings (SSSR count). The Labute approximate surface area is 239 Å². The van der Waals surface area contributed by atoms with Gasteiger partial charge in [0.2, 0.25) is 5.82 Å². The van der Waals surface area contributed by atoms with Gasteiger partial charge in [0.05, 0.1) is 18.2 Å². The zero-order chi connectivity index (χ0) is 30.1.